The van der Waals surface area contributed by atoms with Gasteiger partial charge in [0.15, 0.2) is 0 Å². The lowest BCUT2D eigenvalue weighted by molar-refractivity contribution is -0.123. The molecule has 0 radical (unpaired) electrons. The van der Waals surface area contributed by atoms with Crippen molar-refractivity contribution in [2.45, 2.75) is 276 Å². The van der Waals surface area contributed by atoms with Gasteiger partial charge in [0.1, 0.15) is 0 Å². The summed E-state index contributed by atoms with van der Waals surface area (Å²) in [5.41, 5.74) is 0. The predicted molar refractivity (Wildman–Crippen MR) is 235 cm³/mol. The molecule has 53 heavy (non-hydrogen) atoms. The minimum atomic E-state index is -0.837. The van der Waals surface area contributed by atoms with Gasteiger partial charge in [0, 0.05) is 6.42 Å². The van der Waals surface area contributed by atoms with Gasteiger partial charge in [0.05, 0.1) is 18.8 Å². The van der Waals surface area contributed by atoms with E-state index in [0.29, 0.717) is 6.42 Å². The molecule has 0 heterocycles. The zero-order valence-electron chi connectivity index (χ0n) is 36.1. The number of nitrogens with one attached hydrogen (secondary N) is 1. The van der Waals surface area contributed by atoms with Crippen molar-refractivity contribution in [1.29, 1.82) is 0 Å². The molecule has 0 aromatic heterocycles. The van der Waals surface area contributed by atoms with E-state index in [0.717, 1.165) is 25.7 Å². The Kier molecular flexibility index (Phi) is 44.3. The highest BCUT2D eigenvalue weighted by atomic mass is 16.3. The number of unbranched alkanes of at least 4 members (excludes halogenated alkanes) is 35. The van der Waals surface area contributed by atoms with Crippen LogP contribution in [-0.4, -0.2) is 34.9 Å². The summed E-state index contributed by atoms with van der Waals surface area (Å²) in [6.07, 6.45) is 58.7. The van der Waals surface area contributed by atoms with Crippen molar-refractivity contribution in [2.24, 2.45) is 0 Å². The molecule has 0 rings (SSSR count). The first-order valence-corrected chi connectivity index (χ1v) is 24.1. The van der Waals surface area contributed by atoms with Gasteiger partial charge in [-0.25, -0.2) is 0 Å². The molecule has 2 unspecified atom stereocenters. The minimum absolute atomic E-state index is 0.0628. The van der Waals surface area contributed by atoms with Crippen LogP contribution in [-0.2, 0) is 4.79 Å². The molecule has 4 nitrogen and oxygen atoms in total. The Labute approximate surface area is 332 Å². The standard InChI is InChI=1S/C49H95NO3/c1-3-5-7-9-11-13-15-17-19-20-21-22-23-24-25-26-27-28-29-31-33-35-37-39-41-43-45-49(53)50-47(46-51)48(52)44-42-40-38-36-34-32-30-18-16-14-12-10-8-6-4-2/h24-25,42,44,47-48,51-52H,3-23,26-41,43,45-46H2,1-2H3,(H,50,53)/b25-24-,44-42+. The molecule has 0 aliphatic heterocycles. The van der Waals surface area contributed by atoms with Crippen LogP contribution < -0.4 is 5.32 Å². The van der Waals surface area contributed by atoms with Crippen LogP contribution in [0.2, 0.25) is 0 Å². The van der Waals surface area contributed by atoms with Gasteiger partial charge in [-0.1, -0.05) is 237 Å². The smallest absolute Gasteiger partial charge is 0.220 e. The van der Waals surface area contributed by atoms with Gasteiger partial charge in [-0.2, -0.15) is 0 Å². The molecule has 1 amide bonds. The van der Waals surface area contributed by atoms with Crippen LogP contribution in [0.4, 0.5) is 0 Å². The van der Waals surface area contributed by atoms with Gasteiger partial charge in [0.25, 0.3) is 0 Å². The average molecular weight is 746 g/mol. The SMILES string of the molecule is CCCCCCCCCCCCCC/C=C\CCCCCCCCCCCCC(=O)NC(CO)C(O)/C=C/CCCCCCCCCCCCCCC. The van der Waals surface area contributed by atoms with Gasteiger partial charge in [-0.15, -0.1) is 0 Å². The fourth-order valence-corrected chi connectivity index (χ4v) is 7.47. The number of hydrogen-bond acceptors (Lipinski definition) is 3. The van der Waals surface area contributed by atoms with E-state index in [1.165, 1.54) is 218 Å². The number of hydrogen-bond donors (Lipinski definition) is 3. The van der Waals surface area contributed by atoms with E-state index in [2.05, 4.69) is 31.3 Å². The molecule has 0 bridgehead atoms. The molecule has 0 saturated carbocycles. The Balaban J connectivity index is 3.50. The van der Waals surface area contributed by atoms with E-state index in [9.17, 15) is 15.0 Å². The largest absolute Gasteiger partial charge is 0.394 e. The summed E-state index contributed by atoms with van der Waals surface area (Å²) in [6, 6.07) is -0.620. The molecule has 4 heteroatoms. The summed E-state index contributed by atoms with van der Waals surface area (Å²) in [5, 5.41) is 23.0. The number of aliphatic hydroxyl groups excluding tert-OH is 2. The second-order valence-corrected chi connectivity index (χ2v) is 16.5. The average Bonchev–Trinajstić information content (AvgIpc) is 3.16. The summed E-state index contributed by atoms with van der Waals surface area (Å²) in [5.74, 6) is -0.0628. The maximum Gasteiger partial charge on any atom is 0.220 e. The fourth-order valence-electron chi connectivity index (χ4n) is 7.47. The monoisotopic (exact) mass is 746 g/mol. The maximum absolute atomic E-state index is 12.4. The summed E-state index contributed by atoms with van der Waals surface area (Å²) >= 11 is 0. The van der Waals surface area contributed by atoms with E-state index in [1.54, 1.807) is 6.08 Å². The molecular weight excluding hydrogens is 651 g/mol. The van der Waals surface area contributed by atoms with Crippen molar-refractivity contribution < 1.29 is 15.0 Å². The highest BCUT2D eigenvalue weighted by molar-refractivity contribution is 5.76. The lowest BCUT2D eigenvalue weighted by Crippen LogP contribution is -2.45. The fraction of sp³-hybridized carbons (Fsp3) is 0.898. The van der Waals surface area contributed by atoms with Crippen LogP contribution in [0.25, 0.3) is 0 Å². The summed E-state index contributed by atoms with van der Waals surface area (Å²) in [6.45, 7) is 4.33. The van der Waals surface area contributed by atoms with Gasteiger partial charge in [-0.05, 0) is 44.9 Å². The second kappa shape index (κ2) is 45.3. The first-order valence-electron chi connectivity index (χ1n) is 24.1. The zero-order chi connectivity index (χ0) is 38.6. The van der Waals surface area contributed by atoms with Crippen LogP contribution in [0.5, 0.6) is 0 Å². The maximum atomic E-state index is 12.4. The topological polar surface area (TPSA) is 69.6 Å². The minimum Gasteiger partial charge on any atom is -0.394 e. The van der Waals surface area contributed by atoms with Crippen LogP contribution in [0.1, 0.15) is 264 Å². The quantitative estimate of drug-likeness (QED) is 0.0430. The van der Waals surface area contributed by atoms with Crippen molar-refractivity contribution in [3.8, 4) is 0 Å². The number of rotatable bonds is 44. The first kappa shape index (κ1) is 51.9. The molecule has 3 N–H and O–H groups in total. The normalized spacial score (nSPS) is 13.1. The van der Waals surface area contributed by atoms with Crippen LogP contribution in [0, 0.1) is 0 Å². The number of carbonyl (C=O) groups excluding carboxylic acids is 1. The Morgan fingerprint density at radius 1 is 0.434 bits per heavy atom. The molecule has 0 saturated heterocycles. The Hall–Kier alpha value is -1.13. The Bertz CT molecular complexity index is 765. The predicted octanol–water partition coefficient (Wildman–Crippen LogP) is 15.2. The molecule has 0 fully saturated rings. The van der Waals surface area contributed by atoms with Crippen molar-refractivity contribution >= 4 is 5.91 Å². The molecular formula is C49H95NO3. The van der Waals surface area contributed by atoms with Gasteiger partial charge < -0.3 is 15.5 Å². The van der Waals surface area contributed by atoms with Gasteiger partial charge >= 0.3 is 0 Å². The summed E-state index contributed by atoms with van der Waals surface area (Å²) in [4.78, 5) is 12.4. The zero-order valence-corrected chi connectivity index (χ0v) is 36.1. The molecule has 314 valence electrons. The van der Waals surface area contributed by atoms with Crippen molar-refractivity contribution in [3.63, 3.8) is 0 Å². The molecule has 0 aromatic rings. The second-order valence-electron chi connectivity index (χ2n) is 16.5. The molecule has 0 aliphatic carbocycles. The third kappa shape index (κ3) is 41.9. The number of allylic oxidation sites excluding steroid dienone is 3. The third-order valence-corrected chi connectivity index (χ3v) is 11.2. The highest BCUT2D eigenvalue weighted by Crippen LogP contribution is 2.16. The molecule has 0 spiro atoms. The lowest BCUT2D eigenvalue weighted by Gasteiger charge is -2.20. The summed E-state index contributed by atoms with van der Waals surface area (Å²) in [7, 11) is 0. The van der Waals surface area contributed by atoms with E-state index in [4.69, 9.17) is 0 Å². The number of carbonyl (C=O) groups is 1. The van der Waals surface area contributed by atoms with Crippen LogP contribution in [0.3, 0.4) is 0 Å². The van der Waals surface area contributed by atoms with Crippen molar-refractivity contribution in [3.05, 3.63) is 24.3 Å². The lowest BCUT2D eigenvalue weighted by atomic mass is 10.0. The van der Waals surface area contributed by atoms with Crippen LogP contribution in [0.15, 0.2) is 24.3 Å². The Morgan fingerprint density at radius 2 is 0.717 bits per heavy atom. The van der Waals surface area contributed by atoms with E-state index >= 15 is 0 Å². The highest BCUT2D eigenvalue weighted by Gasteiger charge is 2.18. The first-order chi connectivity index (χ1) is 26.2. The molecule has 2 atom stereocenters. The molecule has 0 aromatic carbocycles. The van der Waals surface area contributed by atoms with Gasteiger partial charge in [0.2, 0.25) is 5.91 Å². The molecule has 0 aliphatic rings. The summed E-state index contributed by atoms with van der Waals surface area (Å²) < 4.78 is 0. The van der Waals surface area contributed by atoms with E-state index < -0.39 is 12.1 Å². The number of aliphatic hydroxyl groups is 2. The Morgan fingerprint density at radius 3 is 1.04 bits per heavy atom. The third-order valence-electron chi connectivity index (χ3n) is 11.2. The van der Waals surface area contributed by atoms with Crippen molar-refractivity contribution in [2.75, 3.05) is 6.61 Å². The number of amides is 1. The van der Waals surface area contributed by atoms with Crippen LogP contribution >= 0.6 is 0 Å². The van der Waals surface area contributed by atoms with E-state index in [1.807, 2.05) is 6.08 Å². The van der Waals surface area contributed by atoms with Gasteiger partial charge in [-0.3, -0.25) is 4.79 Å². The van der Waals surface area contributed by atoms with E-state index in [-0.39, 0.29) is 12.5 Å². The van der Waals surface area contributed by atoms with Crippen molar-refractivity contribution in [1.82, 2.24) is 5.32 Å².